The highest BCUT2D eigenvalue weighted by Crippen LogP contribution is 2.26. The maximum atomic E-state index is 12.5. The zero-order valence-corrected chi connectivity index (χ0v) is 13.8. The van der Waals surface area contributed by atoms with Crippen LogP contribution in [-0.2, 0) is 13.1 Å². The highest BCUT2D eigenvalue weighted by atomic mass is 19.4. The topological polar surface area (TPSA) is 63.5 Å². The van der Waals surface area contributed by atoms with Gasteiger partial charge >= 0.3 is 6.36 Å². The molecule has 2 rings (SSSR count). The minimum Gasteiger partial charge on any atom is -0.405 e. The Kier molecular flexibility index (Phi) is 6.67. The molecule has 2 N–H and O–H groups in total. The lowest BCUT2D eigenvalue weighted by molar-refractivity contribution is -0.274. The number of hydrogen-bond acceptors (Lipinski definition) is 3. The first-order valence-corrected chi connectivity index (χ1v) is 7.79. The Morgan fingerprint density at radius 3 is 2.76 bits per heavy atom. The highest BCUT2D eigenvalue weighted by Gasteiger charge is 2.31. The van der Waals surface area contributed by atoms with Crippen LogP contribution in [-0.4, -0.2) is 35.0 Å². The molecule has 2 aromatic rings. The predicted octanol–water partition coefficient (Wildman–Crippen LogP) is 2.54. The number of aromatic nitrogens is 2. The van der Waals surface area contributed by atoms with Gasteiger partial charge in [-0.15, -0.1) is 13.2 Å². The van der Waals surface area contributed by atoms with Gasteiger partial charge in [0.1, 0.15) is 5.75 Å². The SMILES string of the molecule is CCNC(=NCc1ccccc1OC(F)(F)F)NCCn1ccnc1. The largest absolute Gasteiger partial charge is 0.573 e. The lowest BCUT2D eigenvalue weighted by atomic mass is 10.2. The van der Waals surface area contributed by atoms with Crippen LogP contribution in [0.2, 0.25) is 0 Å². The molecule has 0 unspecified atom stereocenters. The van der Waals surface area contributed by atoms with E-state index < -0.39 is 6.36 Å². The van der Waals surface area contributed by atoms with E-state index in [0.717, 1.165) is 0 Å². The summed E-state index contributed by atoms with van der Waals surface area (Å²) in [5.74, 6) is 0.275. The first-order chi connectivity index (χ1) is 12.0. The lowest BCUT2D eigenvalue weighted by Gasteiger charge is -2.14. The van der Waals surface area contributed by atoms with Gasteiger partial charge in [0.05, 0.1) is 12.9 Å². The van der Waals surface area contributed by atoms with Gasteiger partial charge in [0.2, 0.25) is 0 Å². The van der Waals surface area contributed by atoms with Crippen molar-refractivity contribution < 1.29 is 17.9 Å². The second-order valence-electron chi connectivity index (χ2n) is 5.08. The standard InChI is InChI=1S/C16H20F3N5O/c1-2-21-15(22-8-10-24-9-7-20-12-24)23-11-13-5-3-4-6-14(13)25-16(17,18)19/h3-7,9,12H,2,8,10-11H2,1H3,(H2,21,22,23). The van der Waals surface area contributed by atoms with Gasteiger partial charge in [0, 0.05) is 37.6 Å². The van der Waals surface area contributed by atoms with Crippen molar-refractivity contribution in [3.05, 3.63) is 48.5 Å². The number of nitrogens with one attached hydrogen (secondary N) is 2. The number of benzene rings is 1. The monoisotopic (exact) mass is 355 g/mol. The smallest absolute Gasteiger partial charge is 0.405 e. The molecular formula is C16H20F3N5O. The summed E-state index contributed by atoms with van der Waals surface area (Å²) in [5.41, 5.74) is 0.353. The molecule has 0 aliphatic carbocycles. The number of guanidine groups is 1. The molecule has 0 amide bonds. The van der Waals surface area contributed by atoms with Crippen LogP contribution in [0.3, 0.4) is 0 Å². The second kappa shape index (κ2) is 8.95. The fourth-order valence-electron chi connectivity index (χ4n) is 2.09. The van der Waals surface area contributed by atoms with Crippen molar-refractivity contribution in [2.24, 2.45) is 4.99 Å². The molecule has 1 heterocycles. The summed E-state index contributed by atoms with van der Waals surface area (Å²) in [4.78, 5) is 8.27. The van der Waals surface area contributed by atoms with Crippen LogP contribution >= 0.6 is 0 Å². The van der Waals surface area contributed by atoms with E-state index in [0.29, 0.717) is 31.2 Å². The first-order valence-electron chi connectivity index (χ1n) is 7.79. The number of para-hydroxylation sites is 1. The first kappa shape index (κ1) is 18.6. The quantitative estimate of drug-likeness (QED) is 0.592. The summed E-state index contributed by atoms with van der Waals surface area (Å²) in [6.07, 6.45) is 0.511. The molecule has 9 heteroatoms. The zero-order chi connectivity index (χ0) is 18.1. The summed E-state index contributed by atoms with van der Waals surface area (Å²) < 4.78 is 43.3. The molecule has 6 nitrogen and oxygen atoms in total. The van der Waals surface area contributed by atoms with Gasteiger partial charge in [0.25, 0.3) is 0 Å². The zero-order valence-electron chi connectivity index (χ0n) is 13.8. The van der Waals surface area contributed by atoms with Gasteiger partial charge in [-0.1, -0.05) is 18.2 Å². The number of aliphatic imine (C=N–C) groups is 1. The third kappa shape index (κ3) is 6.74. The fourth-order valence-corrected chi connectivity index (χ4v) is 2.09. The summed E-state index contributed by atoms with van der Waals surface area (Å²) in [7, 11) is 0. The molecule has 0 spiro atoms. The average Bonchev–Trinajstić information content (AvgIpc) is 3.06. The van der Waals surface area contributed by atoms with E-state index in [2.05, 4.69) is 25.3 Å². The molecule has 0 bridgehead atoms. The average molecular weight is 355 g/mol. The maximum absolute atomic E-state index is 12.5. The molecule has 0 saturated heterocycles. The minimum atomic E-state index is -4.73. The molecule has 0 aliphatic heterocycles. The van der Waals surface area contributed by atoms with Gasteiger partial charge in [-0.3, -0.25) is 0 Å². The number of halogens is 3. The van der Waals surface area contributed by atoms with Gasteiger partial charge in [0.15, 0.2) is 5.96 Å². The van der Waals surface area contributed by atoms with Gasteiger partial charge in [-0.05, 0) is 13.0 Å². The van der Waals surface area contributed by atoms with Crippen LogP contribution in [0.5, 0.6) is 5.75 Å². The van der Waals surface area contributed by atoms with Crippen LogP contribution in [0, 0.1) is 0 Å². The fraction of sp³-hybridized carbons (Fsp3) is 0.375. The normalized spacial score (nSPS) is 12.1. The third-order valence-electron chi connectivity index (χ3n) is 3.17. The van der Waals surface area contributed by atoms with E-state index in [1.807, 2.05) is 17.7 Å². The highest BCUT2D eigenvalue weighted by molar-refractivity contribution is 5.79. The van der Waals surface area contributed by atoms with E-state index in [4.69, 9.17) is 0 Å². The minimum absolute atomic E-state index is 0.0622. The van der Waals surface area contributed by atoms with E-state index >= 15 is 0 Å². The number of imidazole rings is 1. The molecule has 0 aliphatic rings. The number of nitrogens with zero attached hydrogens (tertiary/aromatic N) is 3. The van der Waals surface area contributed by atoms with Crippen LogP contribution in [0.1, 0.15) is 12.5 Å². The van der Waals surface area contributed by atoms with Crippen molar-refractivity contribution in [1.29, 1.82) is 0 Å². The Labute approximate surface area is 143 Å². The van der Waals surface area contributed by atoms with E-state index in [1.54, 1.807) is 24.7 Å². The van der Waals surface area contributed by atoms with Crippen LogP contribution in [0.4, 0.5) is 13.2 Å². The molecule has 0 radical (unpaired) electrons. The Balaban J connectivity index is 1.98. The van der Waals surface area contributed by atoms with Crippen LogP contribution < -0.4 is 15.4 Å². The molecular weight excluding hydrogens is 335 g/mol. The Hall–Kier alpha value is -2.71. The maximum Gasteiger partial charge on any atom is 0.573 e. The Bertz CT molecular complexity index is 671. The van der Waals surface area contributed by atoms with Crippen molar-refractivity contribution in [1.82, 2.24) is 20.2 Å². The van der Waals surface area contributed by atoms with E-state index in [1.165, 1.54) is 12.1 Å². The summed E-state index contributed by atoms with van der Waals surface area (Å²) in [6.45, 7) is 3.90. The van der Waals surface area contributed by atoms with Crippen LogP contribution in [0.25, 0.3) is 0 Å². The van der Waals surface area contributed by atoms with Crippen molar-refractivity contribution in [3.8, 4) is 5.75 Å². The molecule has 0 atom stereocenters. The number of ether oxygens (including phenoxy) is 1. The van der Waals surface area contributed by atoms with Gasteiger partial charge in [-0.25, -0.2) is 9.98 Å². The number of hydrogen-bond donors (Lipinski definition) is 2. The van der Waals surface area contributed by atoms with Crippen LogP contribution in [0.15, 0.2) is 48.0 Å². The molecule has 1 aromatic heterocycles. The predicted molar refractivity (Wildman–Crippen MR) is 88.2 cm³/mol. The summed E-state index contributed by atoms with van der Waals surface area (Å²) in [5, 5.41) is 6.18. The van der Waals surface area contributed by atoms with Crippen molar-refractivity contribution in [2.75, 3.05) is 13.1 Å². The van der Waals surface area contributed by atoms with Crippen molar-refractivity contribution >= 4 is 5.96 Å². The van der Waals surface area contributed by atoms with Gasteiger partial charge in [-0.2, -0.15) is 0 Å². The number of alkyl halides is 3. The molecule has 136 valence electrons. The Morgan fingerprint density at radius 2 is 2.08 bits per heavy atom. The second-order valence-corrected chi connectivity index (χ2v) is 5.08. The van der Waals surface area contributed by atoms with E-state index in [9.17, 15) is 13.2 Å². The summed E-state index contributed by atoms with van der Waals surface area (Å²) >= 11 is 0. The van der Waals surface area contributed by atoms with Gasteiger partial charge < -0.3 is 19.9 Å². The molecule has 1 aromatic carbocycles. The summed E-state index contributed by atoms with van der Waals surface area (Å²) in [6, 6.07) is 5.97. The van der Waals surface area contributed by atoms with Crippen molar-refractivity contribution in [2.45, 2.75) is 26.4 Å². The third-order valence-corrected chi connectivity index (χ3v) is 3.17. The molecule has 0 saturated carbocycles. The lowest BCUT2D eigenvalue weighted by Crippen LogP contribution is -2.38. The van der Waals surface area contributed by atoms with E-state index in [-0.39, 0.29) is 12.3 Å². The molecule has 25 heavy (non-hydrogen) atoms. The number of rotatable bonds is 7. The molecule has 0 fully saturated rings. The van der Waals surface area contributed by atoms with Crippen molar-refractivity contribution in [3.63, 3.8) is 0 Å². The Morgan fingerprint density at radius 1 is 1.28 bits per heavy atom.